The summed E-state index contributed by atoms with van der Waals surface area (Å²) in [5.41, 5.74) is 6.14. The predicted octanol–water partition coefficient (Wildman–Crippen LogP) is 4.80. The molecule has 0 N–H and O–H groups in total. The van der Waals surface area contributed by atoms with E-state index in [4.69, 9.17) is 5.10 Å². The lowest BCUT2D eigenvalue weighted by atomic mass is 10.0. The van der Waals surface area contributed by atoms with E-state index in [0.29, 0.717) is 0 Å². The second-order valence-corrected chi connectivity index (χ2v) is 7.32. The third kappa shape index (κ3) is 3.18. The zero-order chi connectivity index (χ0) is 18.9. The fourth-order valence-corrected chi connectivity index (χ4v) is 4.00. The highest BCUT2D eigenvalue weighted by molar-refractivity contribution is 5.92. The predicted molar refractivity (Wildman–Crippen MR) is 108 cm³/mol. The molecule has 5 rings (SSSR count). The van der Waals surface area contributed by atoms with E-state index in [2.05, 4.69) is 28.2 Å². The molecule has 0 aliphatic carbocycles. The van der Waals surface area contributed by atoms with Crippen LogP contribution >= 0.6 is 0 Å². The number of benzene rings is 1. The van der Waals surface area contributed by atoms with Gasteiger partial charge in [-0.1, -0.05) is 6.07 Å². The largest absolute Gasteiger partial charge is 0.299 e. The minimum Gasteiger partial charge on any atom is -0.299 e. The zero-order valence-corrected chi connectivity index (χ0v) is 15.6. The van der Waals surface area contributed by atoms with Crippen LogP contribution in [-0.2, 0) is 6.54 Å². The maximum absolute atomic E-state index is 13.4. The van der Waals surface area contributed by atoms with Gasteiger partial charge in [-0.05, 0) is 79.5 Å². The zero-order valence-electron chi connectivity index (χ0n) is 15.6. The maximum atomic E-state index is 13.4. The first kappa shape index (κ1) is 17.1. The minimum absolute atomic E-state index is 0.245. The second-order valence-electron chi connectivity index (χ2n) is 7.32. The van der Waals surface area contributed by atoms with Gasteiger partial charge in [-0.3, -0.25) is 9.88 Å². The van der Waals surface area contributed by atoms with Gasteiger partial charge in [0, 0.05) is 36.3 Å². The van der Waals surface area contributed by atoms with Crippen molar-refractivity contribution in [3.8, 4) is 22.4 Å². The average molecular weight is 372 g/mol. The van der Waals surface area contributed by atoms with Gasteiger partial charge in [0.1, 0.15) is 11.5 Å². The van der Waals surface area contributed by atoms with Gasteiger partial charge in [0.05, 0.1) is 5.52 Å². The van der Waals surface area contributed by atoms with Crippen LogP contribution in [0.25, 0.3) is 27.9 Å². The second kappa shape index (κ2) is 7.17. The summed E-state index contributed by atoms with van der Waals surface area (Å²) in [5.74, 6) is -0.245. The molecule has 1 aliphatic rings. The lowest BCUT2D eigenvalue weighted by Crippen LogP contribution is -2.18. The molecule has 28 heavy (non-hydrogen) atoms. The van der Waals surface area contributed by atoms with Crippen molar-refractivity contribution >= 4 is 5.52 Å². The number of hydrogen-bond acceptors (Lipinski definition) is 3. The molecule has 140 valence electrons. The van der Waals surface area contributed by atoms with Crippen LogP contribution in [0.5, 0.6) is 0 Å². The lowest BCUT2D eigenvalue weighted by Gasteiger charge is -2.14. The number of rotatable bonds is 4. The normalized spacial score (nSPS) is 14.8. The van der Waals surface area contributed by atoms with Crippen molar-refractivity contribution in [3.63, 3.8) is 0 Å². The Hall–Kier alpha value is -3.05. The quantitative estimate of drug-likeness (QED) is 0.516. The van der Waals surface area contributed by atoms with E-state index in [1.807, 2.05) is 16.6 Å². The Bertz CT molecular complexity index is 1100. The highest BCUT2D eigenvalue weighted by atomic mass is 19.1. The van der Waals surface area contributed by atoms with Crippen LogP contribution in [0.3, 0.4) is 0 Å². The van der Waals surface area contributed by atoms with Crippen LogP contribution in [0, 0.1) is 5.82 Å². The summed E-state index contributed by atoms with van der Waals surface area (Å²) in [6.45, 7) is 3.28. The molecular weight excluding hydrogens is 351 g/mol. The fourth-order valence-electron chi connectivity index (χ4n) is 4.00. The number of hydrogen-bond donors (Lipinski definition) is 0. The Morgan fingerprint density at radius 3 is 2.36 bits per heavy atom. The van der Waals surface area contributed by atoms with Crippen molar-refractivity contribution in [2.75, 3.05) is 13.1 Å². The Labute approximate surface area is 163 Å². The van der Waals surface area contributed by atoms with Crippen molar-refractivity contribution in [3.05, 3.63) is 78.5 Å². The van der Waals surface area contributed by atoms with Crippen molar-refractivity contribution in [2.24, 2.45) is 0 Å². The van der Waals surface area contributed by atoms with Gasteiger partial charge in [-0.2, -0.15) is 5.10 Å². The van der Waals surface area contributed by atoms with Crippen LogP contribution in [0.15, 0.2) is 67.1 Å². The topological polar surface area (TPSA) is 33.4 Å². The van der Waals surface area contributed by atoms with Crippen LogP contribution in [-0.4, -0.2) is 32.6 Å². The summed E-state index contributed by atoms with van der Waals surface area (Å²) in [7, 11) is 0. The minimum atomic E-state index is -0.245. The number of halogens is 1. The Balaban J connectivity index is 1.64. The molecule has 1 aliphatic heterocycles. The van der Waals surface area contributed by atoms with Crippen molar-refractivity contribution < 1.29 is 4.39 Å². The maximum Gasteiger partial charge on any atom is 0.123 e. The number of fused-ring (bicyclic) bond motifs is 1. The van der Waals surface area contributed by atoms with Crippen LogP contribution in [0.4, 0.5) is 4.39 Å². The first-order valence-electron chi connectivity index (χ1n) is 9.68. The number of likely N-dealkylation sites (tertiary alicyclic amines) is 1. The van der Waals surface area contributed by atoms with E-state index in [-0.39, 0.29) is 5.82 Å². The summed E-state index contributed by atoms with van der Waals surface area (Å²) in [6, 6.07) is 14.8. The first-order chi connectivity index (χ1) is 13.8. The smallest absolute Gasteiger partial charge is 0.123 e. The molecule has 0 spiro atoms. The summed E-state index contributed by atoms with van der Waals surface area (Å²) >= 11 is 0. The fraction of sp³-hybridized carbons (Fsp3) is 0.217. The molecule has 0 atom stereocenters. The third-order valence-electron chi connectivity index (χ3n) is 5.38. The SMILES string of the molecule is Fc1ccc(-c2nn3cc(CN4CCCC4)ccc3c2-c2ccncc2)cc1. The summed E-state index contributed by atoms with van der Waals surface area (Å²) in [4.78, 5) is 6.62. The molecule has 4 aromatic rings. The van der Waals surface area contributed by atoms with E-state index in [9.17, 15) is 4.39 Å². The van der Waals surface area contributed by atoms with Crippen LogP contribution in [0.1, 0.15) is 18.4 Å². The molecule has 3 aromatic heterocycles. The molecule has 0 radical (unpaired) electrons. The highest BCUT2D eigenvalue weighted by Crippen LogP contribution is 2.35. The molecule has 0 bridgehead atoms. The van der Waals surface area contributed by atoms with Crippen LogP contribution < -0.4 is 0 Å². The molecule has 1 aromatic carbocycles. The van der Waals surface area contributed by atoms with E-state index in [0.717, 1.165) is 34.4 Å². The van der Waals surface area contributed by atoms with Crippen molar-refractivity contribution in [2.45, 2.75) is 19.4 Å². The Morgan fingerprint density at radius 2 is 1.61 bits per heavy atom. The van der Waals surface area contributed by atoms with Crippen molar-refractivity contribution in [1.29, 1.82) is 0 Å². The summed E-state index contributed by atoms with van der Waals surface area (Å²) in [5, 5.41) is 4.88. The lowest BCUT2D eigenvalue weighted by molar-refractivity contribution is 0.331. The van der Waals surface area contributed by atoms with Crippen LogP contribution in [0.2, 0.25) is 0 Å². The molecule has 5 heteroatoms. The van der Waals surface area contributed by atoms with E-state index >= 15 is 0 Å². The molecule has 4 nitrogen and oxygen atoms in total. The number of aromatic nitrogens is 3. The van der Waals surface area contributed by atoms with E-state index < -0.39 is 0 Å². The summed E-state index contributed by atoms with van der Waals surface area (Å²) < 4.78 is 15.4. The molecule has 0 saturated carbocycles. The molecular formula is C23H21FN4. The van der Waals surface area contributed by atoms with Crippen molar-refractivity contribution in [1.82, 2.24) is 19.5 Å². The Kier molecular flexibility index (Phi) is 4.37. The molecule has 0 amide bonds. The molecule has 1 fully saturated rings. The monoisotopic (exact) mass is 372 g/mol. The number of pyridine rings is 2. The first-order valence-corrected chi connectivity index (χ1v) is 9.68. The third-order valence-corrected chi connectivity index (χ3v) is 5.38. The molecule has 1 saturated heterocycles. The van der Waals surface area contributed by atoms with Gasteiger partial charge >= 0.3 is 0 Å². The van der Waals surface area contributed by atoms with E-state index in [1.54, 1.807) is 24.5 Å². The Morgan fingerprint density at radius 1 is 0.857 bits per heavy atom. The highest BCUT2D eigenvalue weighted by Gasteiger charge is 2.18. The van der Waals surface area contributed by atoms with Gasteiger partial charge in [0.25, 0.3) is 0 Å². The van der Waals surface area contributed by atoms with Gasteiger partial charge in [-0.25, -0.2) is 8.91 Å². The summed E-state index contributed by atoms with van der Waals surface area (Å²) in [6.07, 6.45) is 8.26. The van der Waals surface area contributed by atoms with Gasteiger partial charge in [0.2, 0.25) is 0 Å². The van der Waals surface area contributed by atoms with Gasteiger partial charge in [0.15, 0.2) is 0 Å². The van der Waals surface area contributed by atoms with E-state index in [1.165, 1.54) is 43.6 Å². The molecule has 4 heterocycles. The average Bonchev–Trinajstić information content (AvgIpc) is 3.36. The molecule has 0 unspecified atom stereocenters. The van der Waals surface area contributed by atoms with Gasteiger partial charge in [-0.15, -0.1) is 0 Å². The number of nitrogens with zero attached hydrogens (tertiary/aromatic N) is 4. The van der Waals surface area contributed by atoms with Gasteiger partial charge < -0.3 is 0 Å². The standard InChI is InChI=1S/C23H21FN4/c24-20-6-4-19(5-7-20)23-22(18-9-11-25-12-10-18)21-8-3-17(16-28(21)26-23)15-27-13-1-2-14-27/h3-12,16H,1-2,13-15H2.